The number of para-hydroxylation sites is 1. The second kappa shape index (κ2) is 8.44. The molecule has 0 fully saturated rings. The fraction of sp³-hybridized carbons (Fsp3) is 0.0385. The van der Waals surface area contributed by atoms with Crippen LogP contribution in [0.2, 0.25) is 5.02 Å². The lowest BCUT2D eigenvalue weighted by Gasteiger charge is -2.10. The minimum Gasteiger partial charge on any atom is -0.454 e. The summed E-state index contributed by atoms with van der Waals surface area (Å²) in [7, 11) is 0. The number of nitrogens with one attached hydrogen (secondary N) is 1. The van der Waals surface area contributed by atoms with Gasteiger partial charge in [0.05, 0.1) is 22.5 Å². The summed E-state index contributed by atoms with van der Waals surface area (Å²) in [6.07, 6.45) is 0. The largest absolute Gasteiger partial charge is 0.454 e. The SMILES string of the molecule is O=C(Nc1nc(-c2ccc(Cl)cc2)cs1)c1cc(-c2ccc3c(c2)OCO3)nc2ccccc12. The lowest BCUT2D eigenvalue weighted by Crippen LogP contribution is -2.13. The van der Waals surface area contributed by atoms with Crippen LogP contribution in [0.1, 0.15) is 10.4 Å². The van der Waals surface area contributed by atoms with Crippen molar-refractivity contribution in [2.24, 2.45) is 0 Å². The highest BCUT2D eigenvalue weighted by Gasteiger charge is 2.18. The maximum atomic E-state index is 13.4. The van der Waals surface area contributed by atoms with Crippen molar-refractivity contribution in [1.29, 1.82) is 0 Å². The number of pyridine rings is 1. The molecule has 3 heterocycles. The van der Waals surface area contributed by atoms with E-state index in [1.54, 1.807) is 6.07 Å². The number of amides is 1. The van der Waals surface area contributed by atoms with Crippen molar-refractivity contribution >= 4 is 44.9 Å². The van der Waals surface area contributed by atoms with Crippen molar-refractivity contribution < 1.29 is 14.3 Å². The molecule has 34 heavy (non-hydrogen) atoms. The van der Waals surface area contributed by atoms with Crippen LogP contribution in [0.5, 0.6) is 11.5 Å². The summed E-state index contributed by atoms with van der Waals surface area (Å²) in [5.74, 6) is 1.11. The van der Waals surface area contributed by atoms with E-state index in [0.29, 0.717) is 32.9 Å². The third kappa shape index (κ3) is 3.85. The Labute approximate surface area is 203 Å². The molecular formula is C26H16ClN3O3S. The molecular weight excluding hydrogens is 470 g/mol. The molecule has 0 spiro atoms. The average Bonchev–Trinajstić information content (AvgIpc) is 3.53. The number of anilines is 1. The van der Waals surface area contributed by atoms with Gasteiger partial charge in [-0.05, 0) is 42.5 Å². The number of halogens is 1. The molecule has 1 aliphatic rings. The van der Waals surface area contributed by atoms with Crippen molar-refractivity contribution in [3.63, 3.8) is 0 Å². The number of carbonyl (C=O) groups is 1. The van der Waals surface area contributed by atoms with Crippen LogP contribution in [-0.4, -0.2) is 22.7 Å². The van der Waals surface area contributed by atoms with Crippen LogP contribution in [0.25, 0.3) is 33.4 Å². The van der Waals surface area contributed by atoms with E-state index >= 15 is 0 Å². The van der Waals surface area contributed by atoms with Gasteiger partial charge in [-0.25, -0.2) is 9.97 Å². The van der Waals surface area contributed by atoms with Crippen molar-refractivity contribution in [3.05, 3.63) is 88.8 Å². The molecule has 6 rings (SSSR count). The van der Waals surface area contributed by atoms with Gasteiger partial charge < -0.3 is 9.47 Å². The maximum Gasteiger partial charge on any atom is 0.258 e. The van der Waals surface area contributed by atoms with Gasteiger partial charge in [0, 0.05) is 26.9 Å². The van der Waals surface area contributed by atoms with Crippen molar-refractivity contribution in [1.82, 2.24) is 9.97 Å². The van der Waals surface area contributed by atoms with E-state index < -0.39 is 0 Å². The summed E-state index contributed by atoms with van der Waals surface area (Å²) in [6, 6.07) is 22.4. The highest BCUT2D eigenvalue weighted by Crippen LogP contribution is 2.36. The third-order valence-electron chi connectivity index (χ3n) is 5.49. The average molecular weight is 486 g/mol. The van der Waals surface area contributed by atoms with E-state index in [1.165, 1.54) is 11.3 Å². The molecule has 1 aliphatic heterocycles. The standard InChI is InChI=1S/C26H16ClN3O3S/c27-17-8-5-15(6-9-17)22-13-34-26(29-22)30-25(31)19-12-21(28-20-4-2-1-3-18(19)20)16-7-10-23-24(11-16)33-14-32-23/h1-13H,14H2,(H,29,30,31). The zero-order chi connectivity index (χ0) is 23.1. The van der Waals surface area contributed by atoms with Crippen molar-refractivity contribution in [2.45, 2.75) is 0 Å². The molecule has 0 saturated carbocycles. The summed E-state index contributed by atoms with van der Waals surface area (Å²) < 4.78 is 10.9. The minimum absolute atomic E-state index is 0.198. The normalized spacial score (nSPS) is 12.1. The number of hydrogen-bond donors (Lipinski definition) is 1. The van der Waals surface area contributed by atoms with Gasteiger partial charge in [0.25, 0.3) is 5.91 Å². The summed E-state index contributed by atoms with van der Waals surface area (Å²) >= 11 is 7.35. The van der Waals surface area contributed by atoms with Crippen LogP contribution < -0.4 is 14.8 Å². The van der Waals surface area contributed by atoms with Crippen LogP contribution in [0.3, 0.4) is 0 Å². The molecule has 166 valence electrons. The summed E-state index contributed by atoms with van der Waals surface area (Å²) in [4.78, 5) is 22.7. The number of hydrogen-bond acceptors (Lipinski definition) is 6. The Bertz CT molecular complexity index is 1550. The van der Waals surface area contributed by atoms with Crippen LogP contribution in [0, 0.1) is 0 Å². The van der Waals surface area contributed by atoms with Gasteiger partial charge >= 0.3 is 0 Å². The Kier molecular flexibility index (Phi) is 5.13. The topological polar surface area (TPSA) is 73.3 Å². The number of thiazole rings is 1. The number of carbonyl (C=O) groups excluding carboxylic acids is 1. The smallest absolute Gasteiger partial charge is 0.258 e. The Morgan fingerprint density at radius 1 is 0.882 bits per heavy atom. The molecule has 5 aromatic rings. The highest BCUT2D eigenvalue weighted by atomic mass is 35.5. The minimum atomic E-state index is -0.252. The van der Waals surface area contributed by atoms with Gasteiger partial charge in [-0.1, -0.05) is 41.9 Å². The molecule has 0 radical (unpaired) electrons. The second-order valence-corrected chi connectivity index (χ2v) is 8.93. The molecule has 0 unspecified atom stereocenters. The Hall–Kier alpha value is -3.94. The zero-order valence-electron chi connectivity index (χ0n) is 17.6. The Balaban J connectivity index is 1.35. The summed E-state index contributed by atoms with van der Waals surface area (Å²) in [6.45, 7) is 0.198. The van der Waals surface area contributed by atoms with Gasteiger partial charge in [0.1, 0.15) is 0 Å². The van der Waals surface area contributed by atoms with Gasteiger partial charge in [0.2, 0.25) is 6.79 Å². The van der Waals surface area contributed by atoms with E-state index in [9.17, 15) is 4.79 Å². The maximum absolute atomic E-state index is 13.4. The predicted molar refractivity (Wildman–Crippen MR) is 134 cm³/mol. The van der Waals surface area contributed by atoms with Gasteiger partial charge in [-0.3, -0.25) is 10.1 Å². The third-order valence-corrected chi connectivity index (χ3v) is 6.50. The molecule has 0 aliphatic carbocycles. The van der Waals surface area contributed by atoms with Gasteiger partial charge in [-0.15, -0.1) is 11.3 Å². The monoisotopic (exact) mass is 485 g/mol. The predicted octanol–water partition coefficient (Wildman–Crippen LogP) is 6.66. The van der Waals surface area contributed by atoms with E-state index in [2.05, 4.69) is 10.3 Å². The molecule has 1 N–H and O–H groups in total. The number of ether oxygens (including phenoxy) is 2. The second-order valence-electron chi connectivity index (χ2n) is 7.64. The summed E-state index contributed by atoms with van der Waals surface area (Å²) in [5, 5.41) is 6.79. The zero-order valence-corrected chi connectivity index (χ0v) is 19.2. The molecule has 0 atom stereocenters. The first kappa shape index (κ1) is 20.7. The van der Waals surface area contributed by atoms with E-state index in [1.807, 2.05) is 72.1 Å². The molecule has 0 saturated heterocycles. The van der Waals surface area contributed by atoms with Crippen LogP contribution in [-0.2, 0) is 0 Å². The fourth-order valence-corrected chi connectivity index (χ4v) is 4.66. The van der Waals surface area contributed by atoms with E-state index in [4.69, 9.17) is 26.1 Å². The van der Waals surface area contributed by atoms with Crippen molar-refractivity contribution in [2.75, 3.05) is 12.1 Å². The Morgan fingerprint density at radius 3 is 2.56 bits per heavy atom. The number of rotatable bonds is 4. The molecule has 8 heteroatoms. The van der Waals surface area contributed by atoms with Crippen molar-refractivity contribution in [3.8, 4) is 34.0 Å². The summed E-state index contributed by atoms with van der Waals surface area (Å²) in [5.41, 5.74) is 4.45. The number of fused-ring (bicyclic) bond motifs is 2. The molecule has 1 amide bonds. The number of nitrogens with zero attached hydrogens (tertiary/aromatic N) is 2. The van der Waals surface area contributed by atoms with Gasteiger partial charge in [-0.2, -0.15) is 0 Å². The Morgan fingerprint density at radius 2 is 1.68 bits per heavy atom. The van der Waals surface area contributed by atoms with Crippen LogP contribution >= 0.6 is 22.9 Å². The lowest BCUT2D eigenvalue weighted by atomic mass is 10.0. The number of aromatic nitrogens is 2. The fourth-order valence-electron chi connectivity index (χ4n) is 3.82. The quantitative estimate of drug-likeness (QED) is 0.308. The first-order valence-corrected chi connectivity index (χ1v) is 11.7. The number of benzene rings is 3. The highest BCUT2D eigenvalue weighted by molar-refractivity contribution is 7.14. The molecule has 2 aromatic heterocycles. The van der Waals surface area contributed by atoms with Crippen LogP contribution in [0.4, 0.5) is 5.13 Å². The molecule has 6 nitrogen and oxygen atoms in total. The van der Waals surface area contributed by atoms with Crippen LogP contribution in [0.15, 0.2) is 78.2 Å². The first-order valence-electron chi connectivity index (χ1n) is 10.5. The van der Waals surface area contributed by atoms with E-state index in [0.717, 1.165) is 27.7 Å². The van der Waals surface area contributed by atoms with Gasteiger partial charge in [0.15, 0.2) is 16.6 Å². The molecule has 0 bridgehead atoms. The lowest BCUT2D eigenvalue weighted by molar-refractivity contribution is 0.102. The molecule has 3 aromatic carbocycles. The van der Waals surface area contributed by atoms with E-state index in [-0.39, 0.29) is 12.7 Å². The first-order chi connectivity index (χ1) is 16.6.